The molecule has 5 N–H and O–H groups in total. The normalized spacial score (nSPS) is 28.1. The second-order valence-electron chi connectivity index (χ2n) is 10.4. The molecule has 4 aromatic heterocycles. The first-order valence-corrected chi connectivity index (χ1v) is 18.9. The van der Waals surface area contributed by atoms with Crippen LogP contribution in [-0.2, 0) is 27.7 Å². The van der Waals surface area contributed by atoms with Crippen molar-refractivity contribution in [2.24, 2.45) is 0 Å². The number of ether oxygens (including phenoxy) is 2. The van der Waals surface area contributed by atoms with Gasteiger partial charge in [-0.2, -0.15) is 0 Å². The number of aliphatic hydroxyl groups is 3. The second-order valence-corrected chi connectivity index (χ2v) is 13.7. The van der Waals surface area contributed by atoms with Gasteiger partial charge in [-0.15, -0.1) is 9.05 Å². The molecule has 6 rings (SSSR count). The number of hydrogen-bond acceptors (Lipinski definition) is 17. The van der Waals surface area contributed by atoms with Crippen LogP contribution in [0.25, 0.3) is 22.3 Å². The van der Waals surface area contributed by atoms with Crippen LogP contribution in [0.3, 0.4) is 0 Å². The predicted molar refractivity (Wildman–Crippen MR) is 173 cm³/mol. The Kier molecular flexibility index (Phi) is 11.1. The number of fused-ring (bicyclic) bond motifs is 2. The molecule has 0 bridgehead atoms. The highest BCUT2D eigenvalue weighted by Crippen LogP contribution is 2.42. The van der Waals surface area contributed by atoms with Crippen LogP contribution in [0.2, 0.25) is 0 Å². The number of nitrogens with one attached hydrogen (secondary N) is 2. The number of thiol groups is 2. The molecule has 24 heteroatoms. The maximum atomic E-state index is 15.2. The van der Waals surface area contributed by atoms with E-state index < -0.39 is 76.8 Å². The van der Waals surface area contributed by atoms with Crippen LogP contribution in [0.5, 0.6) is 0 Å². The highest BCUT2D eigenvalue weighted by molar-refractivity contribution is 8.39. The van der Waals surface area contributed by atoms with Crippen molar-refractivity contribution in [1.29, 1.82) is 0 Å². The fourth-order valence-corrected chi connectivity index (χ4v) is 6.97. The number of halogens is 1. The molecule has 4 unspecified atom stereocenters. The Morgan fingerprint density at radius 1 is 0.812 bits per heavy atom. The summed E-state index contributed by atoms with van der Waals surface area (Å²) >= 11 is 7.45. The Hall–Kier alpha value is -3.01. The molecule has 0 radical (unpaired) electrons. The van der Waals surface area contributed by atoms with Crippen molar-refractivity contribution < 1.29 is 47.4 Å². The van der Waals surface area contributed by atoms with Gasteiger partial charge in [0.15, 0.2) is 64.8 Å². The van der Waals surface area contributed by atoms with E-state index >= 15 is 4.39 Å². The number of nitrogens with zero attached hydrogens (tertiary/aromatic N) is 8. The van der Waals surface area contributed by atoms with Gasteiger partial charge in [0.2, 0.25) is 0 Å². The molecule has 4 aromatic rings. The number of hydrogen-bond donors (Lipinski definition) is 7. The van der Waals surface area contributed by atoms with E-state index in [2.05, 4.69) is 65.0 Å². The summed E-state index contributed by atoms with van der Waals surface area (Å²) in [5.74, 6) is 0.789. The Morgan fingerprint density at radius 3 is 1.83 bits per heavy atom. The quantitative estimate of drug-likeness (QED) is 0.0549. The van der Waals surface area contributed by atoms with Crippen LogP contribution in [0.1, 0.15) is 12.5 Å². The zero-order valence-electron chi connectivity index (χ0n) is 24.4. The minimum atomic E-state index is -2.43. The first kappa shape index (κ1) is 34.8. The fourth-order valence-electron chi connectivity index (χ4n) is 5.42. The van der Waals surface area contributed by atoms with E-state index in [1.54, 1.807) is 0 Å². The summed E-state index contributed by atoms with van der Waals surface area (Å²) in [6.45, 7) is -0.362. The van der Waals surface area contributed by atoms with Crippen molar-refractivity contribution in [2.45, 2.75) is 49.1 Å². The summed E-state index contributed by atoms with van der Waals surface area (Å²) in [5.41, 5.74) is 1.36. The number of aromatic nitrogens is 8. The van der Waals surface area contributed by atoms with Crippen LogP contribution in [0, 0.1) is 0 Å². The third kappa shape index (κ3) is 7.01. The fraction of sp³-hybridized carbons (Fsp3) is 0.500. The van der Waals surface area contributed by atoms with Crippen molar-refractivity contribution in [1.82, 2.24) is 39.0 Å². The first-order chi connectivity index (χ1) is 23.2. The highest BCUT2D eigenvalue weighted by atomic mass is 32.7. The van der Waals surface area contributed by atoms with Gasteiger partial charge in [-0.1, -0.05) is 12.2 Å². The number of anilines is 2. The van der Waals surface area contributed by atoms with E-state index in [1.807, 2.05) is 12.2 Å². The van der Waals surface area contributed by atoms with E-state index in [1.165, 1.54) is 34.4 Å². The zero-order valence-corrected chi connectivity index (χ0v) is 28.0. The summed E-state index contributed by atoms with van der Waals surface area (Å²) < 4.78 is 62.9. The number of alkyl halides is 1. The lowest BCUT2D eigenvalue weighted by Gasteiger charge is -2.16. The molecule has 0 aliphatic carbocycles. The van der Waals surface area contributed by atoms with Gasteiger partial charge in [-0.25, -0.2) is 34.3 Å². The Morgan fingerprint density at radius 2 is 1.31 bits per heavy atom. The van der Waals surface area contributed by atoms with Crippen molar-refractivity contribution in [3.63, 3.8) is 0 Å². The van der Waals surface area contributed by atoms with Gasteiger partial charge in [0.25, 0.3) is 0 Å². The van der Waals surface area contributed by atoms with E-state index in [0.717, 1.165) is 0 Å². The van der Waals surface area contributed by atoms with Crippen molar-refractivity contribution in [2.75, 3.05) is 36.9 Å². The Bertz CT molecular complexity index is 1820. The average Bonchev–Trinajstić information content (AvgIpc) is 3.83. The van der Waals surface area contributed by atoms with Crippen LogP contribution in [0.4, 0.5) is 16.0 Å². The third-order valence-electron chi connectivity index (χ3n) is 7.57. The number of aliphatic hydroxyl groups excluding tert-OH is 3. The third-order valence-corrected chi connectivity index (χ3v) is 8.98. The van der Waals surface area contributed by atoms with Crippen LogP contribution >= 0.6 is 39.0 Å². The molecule has 2 aliphatic rings. The van der Waals surface area contributed by atoms with Crippen LogP contribution < -0.4 is 10.6 Å². The molecule has 0 spiro atoms. The zero-order chi connectivity index (χ0) is 33.9. The maximum absolute atomic E-state index is 15.2. The van der Waals surface area contributed by atoms with Gasteiger partial charge in [-0.05, 0) is 9.13 Å². The van der Waals surface area contributed by atoms with Crippen molar-refractivity contribution >= 4 is 72.9 Å². The van der Waals surface area contributed by atoms with Gasteiger partial charge >= 0.3 is 14.5 Å². The Labute approximate surface area is 282 Å². The molecule has 0 aromatic carbocycles. The monoisotopic (exact) mass is 746 g/mol. The largest absolute Gasteiger partial charge is 0.582 e. The van der Waals surface area contributed by atoms with Gasteiger partial charge in [0, 0.05) is 13.1 Å². The minimum absolute atomic E-state index is 0.271. The molecule has 10 atom stereocenters. The van der Waals surface area contributed by atoms with Crippen molar-refractivity contribution in [3.05, 3.63) is 37.5 Å². The highest BCUT2D eigenvalue weighted by Gasteiger charge is 2.51. The van der Waals surface area contributed by atoms with Crippen LogP contribution in [0.15, 0.2) is 37.5 Å². The van der Waals surface area contributed by atoms with Gasteiger partial charge in [0.05, 0.1) is 25.9 Å². The van der Waals surface area contributed by atoms with Crippen LogP contribution in [-0.4, -0.2) is 117 Å². The predicted octanol–water partition coefficient (Wildman–Crippen LogP) is 1.47. The summed E-state index contributed by atoms with van der Waals surface area (Å²) in [6.07, 6.45) is -0.692. The standard InChI is InChI=1S/C24H27FN10O9P2S2/c25-13-17(43-45(39)47)12(6-37)42-23(13)34-9-32-14-19(28-7-30-21(14)34)26-3-1-2-4-27-20-15-22(31-8-29-20)35(10-33-15)24-18(44-46(40)48)16(38)11(5-36)41-24/h1-2,7-13,16-18,23-24,36-38H,3-6H2,(H2-2,26,27,28,29,30,31,39,40,47,48)/p+2/b2-1+/t11-,12?,13-,16-,17-,18-,23-,24?/m1/s1. The molecule has 0 amide bonds. The molecule has 48 heavy (non-hydrogen) atoms. The SMILES string of the molecule is O=[P+](S)O[C@@H]1C(CO)O[C@@H](n2cnc3c(NC/C=C/CNc4ncnc5c4ncn5C4O[C@H](CO)[C@@H](O)[C@H]4O[P+](=O)S)ncnc32)[C@@H]1F. The van der Waals surface area contributed by atoms with E-state index in [4.69, 9.17) is 18.5 Å². The van der Waals surface area contributed by atoms with E-state index in [0.29, 0.717) is 41.4 Å². The topological polar surface area (TPSA) is 243 Å². The average molecular weight is 747 g/mol. The van der Waals surface area contributed by atoms with Crippen molar-refractivity contribution in [3.8, 4) is 0 Å². The maximum Gasteiger partial charge on any atom is 0.582 e. The molecule has 2 saturated heterocycles. The van der Waals surface area contributed by atoms with Gasteiger partial charge in [0.1, 0.15) is 55.5 Å². The lowest BCUT2D eigenvalue weighted by Crippen LogP contribution is -2.34. The first-order valence-electron chi connectivity index (χ1n) is 14.2. The lowest BCUT2D eigenvalue weighted by molar-refractivity contribution is -0.0481. The second kappa shape index (κ2) is 15.3. The molecular weight excluding hydrogens is 717 g/mol. The smallest absolute Gasteiger partial charge is 0.394 e. The molecular formula is C24H29FN10O9P2S2+2. The molecule has 2 fully saturated rings. The van der Waals surface area contributed by atoms with Gasteiger partial charge in [-0.3, -0.25) is 9.13 Å². The molecule has 19 nitrogen and oxygen atoms in total. The Balaban J connectivity index is 1.08. The molecule has 6 heterocycles. The summed E-state index contributed by atoms with van der Waals surface area (Å²) in [5, 5.41) is 35.9. The molecule has 0 saturated carbocycles. The molecule has 256 valence electrons. The summed E-state index contributed by atoms with van der Waals surface area (Å²) in [4.78, 5) is 25.7. The van der Waals surface area contributed by atoms with Gasteiger partial charge < -0.3 is 35.4 Å². The van der Waals surface area contributed by atoms with E-state index in [9.17, 15) is 24.4 Å². The molecule has 2 aliphatic heterocycles. The minimum Gasteiger partial charge on any atom is -0.394 e. The lowest BCUT2D eigenvalue weighted by atomic mass is 10.1. The summed E-state index contributed by atoms with van der Waals surface area (Å²) in [6, 6.07) is 0. The summed E-state index contributed by atoms with van der Waals surface area (Å²) in [7, 11) is -4.81. The van der Waals surface area contributed by atoms with E-state index in [-0.39, 0.29) is 5.65 Å². The number of rotatable bonds is 14. The number of imidazole rings is 2.